The van der Waals surface area contributed by atoms with E-state index in [0.29, 0.717) is 17.9 Å². The zero-order valence-electron chi connectivity index (χ0n) is 15.9. The molecule has 9 nitrogen and oxygen atoms in total. The average molecular weight is 401 g/mol. The molecular formula is C17H27N3O6S. The van der Waals surface area contributed by atoms with Crippen LogP contribution in [0, 0.1) is 5.92 Å². The van der Waals surface area contributed by atoms with Crippen LogP contribution in [-0.4, -0.2) is 46.7 Å². The van der Waals surface area contributed by atoms with Crippen LogP contribution >= 0.6 is 0 Å². The summed E-state index contributed by atoms with van der Waals surface area (Å²) in [7, 11) is -2.58. The van der Waals surface area contributed by atoms with Gasteiger partial charge in [-0.2, -0.15) is 0 Å². The molecule has 0 saturated heterocycles. The molecule has 0 heterocycles. The largest absolute Gasteiger partial charge is 0.450 e. The SMILES string of the molecule is CCOC(=O)NC(CNC(=O)c1ccc(S(=O)(=O)NOC)cc1)CC(C)C. The molecule has 10 heteroatoms. The highest BCUT2D eigenvalue weighted by Crippen LogP contribution is 2.11. The average Bonchev–Trinajstić information content (AvgIpc) is 2.59. The van der Waals surface area contributed by atoms with Gasteiger partial charge in [-0.1, -0.05) is 18.7 Å². The number of benzene rings is 1. The van der Waals surface area contributed by atoms with Crippen molar-refractivity contribution in [3.05, 3.63) is 29.8 Å². The first-order valence-corrected chi connectivity index (χ1v) is 10.0. The normalized spacial score (nSPS) is 12.5. The van der Waals surface area contributed by atoms with Crippen molar-refractivity contribution in [1.82, 2.24) is 15.5 Å². The van der Waals surface area contributed by atoms with Gasteiger partial charge in [-0.3, -0.25) is 9.63 Å². The summed E-state index contributed by atoms with van der Waals surface area (Å²) >= 11 is 0. The molecule has 3 N–H and O–H groups in total. The van der Waals surface area contributed by atoms with E-state index in [-0.39, 0.29) is 30.0 Å². The lowest BCUT2D eigenvalue weighted by molar-refractivity contribution is 0.0944. The molecule has 0 saturated carbocycles. The highest BCUT2D eigenvalue weighted by Gasteiger charge is 2.17. The third kappa shape index (κ3) is 7.94. The fourth-order valence-electron chi connectivity index (χ4n) is 2.36. The van der Waals surface area contributed by atoms with Gasteiger partial charge in [0, 0.05) is 18.2 Å². The van der Waals surface area contributed by atoms with Crippen LogP contribution < -0.4 is 15.5 Å². The second-order valence-electron chi connectivity index (χ2n) is 6.22. The molecule has 0 aliphatic rings. The third-order valence-electron chi connectivity index (χ3n) is 3.48. The molecule has 27 heavy (non-hydrogen) atoms. The second-order valence-corrected chi connectivity index (χ2v) is 7.86. The number of ether oxygens (including phenoxy) is 1. The van der Waals surface area contributed by atoms with E-state index in [1.54, 1.807) is 6.92 Å². The topological polar surface area (TPSA) is 123 Å². The van der Waals surface area contributed by atoms with E-state index in [9.17, 15) is 18.0 Å². The minimum Gasteiger partial charge on any atom is -0.450 e. The minimum absolute atomic E-state index is 0.0254. The molecule has 2 amide bonds. The molecule has 0 aliphatic heterocycles. The van der Waals surface area contributed by atoms with Crippen LogP contribution in [0.3, 0.4) is 0 Å². The zero-order chi connectivity index (χ0) is 20.4. The Labute approximate surface area is 159 Å². The lowest BCUT2D eigenvalue weighted by Gasteiger charge is -2.20. The summed E-state index contributed by atoms with van der Waals surface area (Å²) in [5.74, 6) is -0.0651. The number of carbonyl (C=O) groups is 2. The van der Waals surface area contributed by atoms with Gasteiger partial charge in [0.25, 0.3) is 15.9 Å². The zero-order valence-corrected chi connectivity index (χ0v) is 16.8. The fourth-order valence-corrected chi connectivity index (χ4v) is 3.17. The summed E-state index contributed by atoms with van der Waals surface area (Å²) in [5.41, 5.74) is 0.297. The van der Waals surface area contributed by atoms with Crippen molar-refractivity contribution < 1.29 is 27.6 Å². The molecule has 152 valence electrons. The van der Waals surface area contributed by atoms with E-state index in [2.05, 4.69) is 15.5 Å². The summed E-state index contributed by atoms with van der Waals surface area (Å²) in [6.07, 6.45) is 0.136. The highest BCUT2D eigenvalue weighted by atomic mass is 32.2. The lowest BCUT2D eigenvalue weighted by atomic mass is 10.0. The van der Waals surface area contributed by atoms with Gasteiger partial charge in [0.1, 0.15) is 0 Å². The quantitative estimate of drug-likeness (QED) is 0.510. The molecule has 1 aromatic rings. The van der Waals surface area contributed by atoms with Gasteiger partial charge in [-0.25, -0.2) is 13.2 Å². The van der Waals surface area contributed by atoms with Crippen molar-refractivity contribution in [3.8, 4) is 0 Å². The van der Waals surface area contributed by atoms with Crippen LogP contribution in [0.5, 0.6) is 0 Å². The van der Waals surface area contributed by atoms with Crippen molar-refractivity contribution in [1.29, 1.82) is 0 Å². The first-order chi connectivity index (χ1) is 12.7. The van der Waals surface area contributed by atoms with Crippen molar-refractivity contribution in [2.24, 2.45) is 5.92 Å². The summed E-state index contributed by atoms with van der Waals surface area (Å²) in [6, 6.07) is 5.13. The predicted octanol–water partition coefficient (Wildman–Crippen LogP) is 1.42. The fraction of sp³-hybridized carbons (Fsp3) is 0.529. The minimum atomic E-state index is -3.78. The molecule has 1 unspecified atom stereocenters. The molecule has 0 aromatic heterocycles. The van der Waals surface area contributed by atoms with Crippen molar-refractivity contribution in [3.63, 3.8) is 0 Å². The number of carbonyl (C=O) groups excluding carboxylic acids is 2. The highest BCUT2D eigenvalue weighted by molar-refractivity contribution is 7.89. The number of hydrogen-bond donors (Lipinski definition) is 3. The summed E-state index contributed by atoms with van der Waals surface area (Å²) < 4.78 is 28.5. The first kappa shape index (κ1) is 22.9. The second kappa shape index (κ2) is 10.9. The number of rotatable bonds is 10. The Morgan fingerprint density at radius 1 is 1.15 bits per heavy atom. The Morgan fingerprint density at radius 3 is 2.30 bits per heavy atom. The molecular weight excluding hydrogens is 374 g/mol. The summed E-state index contributed by atoms with van der Waals surface area (Å²) in [4.78, 5) is 30.2. The van der Waals surface area contributed by atoms with Gasteiger partial charge in [0.15, 0.2) is 0 Å². The number of hydrogen-bond acceptors (Lipinski definition) is 6. The van der Waals surface area contributed by atoms with Gasteiger partial charge in [0.05, 0.1) is 18.6 Å². The van der Waals surface area contributed by atoms with Crippen LogP contribution in [0.2, 0.25) is 0 Å². The van der Waals surface area contributed by atoms with Gasteiger partial charge < -0.3 is 15.4 Å². The first-order valence-electron chi connectivity index (χ1n) is 8.56. The van der Waals surface area contributed by atoms with E-state index in [4.69, 9.17) is 4.74 Å². The van der Waals surface area contributed by atoms with Crippen LogP contribution in [0.4, 0.5) is 4.79 Å². The molecule has 0 fully saturated rings. The van der Waals surface area contributed by atoms with Crippen LogP contribution in [0.1, 0.15) is 37.6 Å². The van der Waals surface area contributed by atoms with Crippen molar-refractivity contribution >= 4 is 22.0 Å². The Hall–Kier alpha value is -2.17. The summed E-state index contributed by atoms with van der Waals surface area (Å²) in [5, 5.41) is 5.46. The molecule has 0 radical (unpaired) electrons. The van der Waals surface area contributed by atoms with Gasteiger partial charge in [0.2, 0.25) is 0 Å². The number of nitrogens with one attached hydrogen (secondary N) is 3. The molecule has 1 aromatic carbocycles. The van der Waals surface area contributed by atoms with E-state index >= 15 is 0 Å². The van der Waals surface area contributed by atoms with E-state index < -0.39 is 16.1 Å². The maximum atomic E-state index is 12.3. The number of sulfonamides is 1. The standard InChI is InChI=1S/C17H27N3O6S/c1-5-26-17(22)19-14(10-12(2)3)11-18-16(21)13-6-8-15(9-7-13)27(23,24)20-25-4/h6-9,12,14,20H,5,10-11H2,1-4H3,(H,18,21)(H,19,22). The molecule has 0 bridgehead atoms. The van der Waals surface area contributed by atoms with E-state index in [1.807, 2.05) is 18.7 Å². The molecule has 0 aliphatic carbocycles. The van der Waals surface area contributed by atoms with E-state index in [1.165, 1.54) is 31.4 Å². The Kier molecular flexibility index (Phi) is 9.19. The maximum absolute atomic E-state index is 12.3. The van der Waals surface area contributed by atoms with Crippen molar-refractivity contribution in [2.45, 2.75) is 38.1 Å². The van der Waals surface area contributed by atoms with Crippen LogP contribution in [0.15, 0.2) is 29.2 Å². The molecule has 1 atom stereocenters. The number of amides is 2. The van der Waals surface area contributed by atoms with E-state index in [0.717, 1.165) is 0 Å². The lowest BCUT2D eigenvalue weighted by Crippen LogP contribution is -2.44. The Balaban J connectivity index is 2.71. The maximum Gasteiger partial charge on any atom is 0.407 e. The monoisotopic (exact) mass is 401 g/mol. The third-order valence-corrected chi connectivity index (χ3v) is 4.76. The van der Waals surface area contributed by atoms with Crippen LogP contribution in [0.25, 0.3) is 0 Å². The van der Waals surface area contributed by atoms with Gasteiger partial charge in [-0.15, -0.1) is 0 Å². The van der Waals surface area contributed by atoms with Crippen LogP contribution in [-0.2, 0) is 19.6 Å². The smallest absolute Gasteiger partial charge is 0.407 e. The predicted molar refractivity (Wildman–Crippen MR) is 99.5 cm³/mol. The van der Waals surface area contributed by atoms with Gasteiger partial charge in [-0.05, 0) is 43.5 Å². The number of alkyl carbamates (subject to hydrolysis) is 1. The van der Waals surface area contributed by atoms with Gasteiger partial charge >= 0.3 is 6.09 Å². The molecule has 0 spiro atoms. The molecule has 1 rings (SSSR count). The Bertz CT molecular complexity index is 719. The summed E-state index contributed by atoms with van der Waals surface area (Å²) in [6.45, 7) is 6.22. The Morgan fingerprint density at radius 2 is 1.78 bits per heavy atom. The van der Waals surface area contributed by atoms with Crippen molar-refractivity contribution in [2.75, 3.05) is 20.3 Å².